The zero-order chi connectivity index (χ0) is 21.3. The number of benzene rings is 2. The van der Waals surface area contributed by atoms with E-state index in [1.165, 1.54) is 5.56 Å². The number of nitrogens with zero attached hydrogens (tertiary/aromatic N) is 4. The van der Waals surface area contributed by atoms with Crippen molar-refractivity contribution < 1.29 is 9.21 Å². The zero-order valence-electron chi connectivity index (χ0n) is 17.4. The second kappa shape index (κ2) is 7.94. The largest absolute Gasteiger partial charge is 0.416 e. The van der Waals surface area contributed by atoms with E-state index in [1.54, 1.807) is 35.1 Å². The van der Waals surface area contributed by atoms with Crippen LogP contribution in [0.1, 0.15) is 40.1 Å². The third-order valence-electron chi connectivity index (χ3n) is 5.20. The molecule has 0 saturated heterocycles. The van der Waals surface area contributed by atoms with Crippen molar-refractivity contribution in [3.63, 3.8) is 0 Å². The molecule has 4 aromatic rings. The van der Waals surface area contributed by atoms with Crippen LogP contribution < -0.4 is 5.32 Å². The van der Waals surface area contributed by atoms with E-state index in [-0.39, 0.29) is 11.9 Å². The van der Waals surface area contributed by atoms with Gasteiger partial charge in [-0.25, -0.2) is 0 Å². The van der Waals surface area contributed by atoms with Gasteiger partial charge < -0.3 is 9.73 Å². The summed E-state index contributed by atoms with van der Waals surface area (Å²) in [5.41, 5.74) is 5.38. The standard InChI is InChI=1S/C23H23N5O2/c1-14-5-7-18(8-6-14)22-26-27-23(30-22)19-11-9-17(10-12-19)21(29)25-15(2)20-13-24-28(4)16(20)3/h5-13,15H,1-4H3,(H,25,29). The summed E-state index contributed by atoms with van der Waals surface area (Å²) in [4.78, 5) is 12.6. The molecule has 0 saturated carbocycles. The molecule has 0 aliphatic carbocycles. The fraction of sp³-hybridized carbons (Fsp3) is 0.217. The molecule has 1 atom stereocenters. The van der Waals surface area contributed by atoms with Gasteiger partial charge in [-0.15, -0.1) is 10.2 Å². The Morgan fingerprint density at radius 2 is 1.53 bits per heavy atom. The summed E-state index contributed by atoms with van der Waals surface area (Å²) < 4.78 is 7.60. The Balaban J connectivity index is 1.47. The lowest BCUT2D eigenvalue weighted by molar-refractivity contribution is 0.0940. The van der Waals surface area contributed by atoms with E-state index >= 15 is 0 Å². The Morgan fingerprint density at radius 3 is 2.07 bits per heavy atom. The molecular weight excluding hydrogens is 378 g/mol. The quantitative estimate of drug-likeness (QED) is 0.540. The molecule has 7 nitrogen and oxygen atoms in total. The molecule has 2 aromatic carbocycles. The molecule has 152 valence electrons. The molecule has 0 radical (unpaired) electrons. The van der Waals surface area contributed by atoms with Crippen LogP contribution in [0.5, 0.6) is 0 Å². The number of carbonyl (C=O) groups excluding carboxylic acids is 1. The second-order valence-electron chi connectivity index (χ2n) is 7.36. The average Bonchev–Trinajstić information content (AvgIpc) is 3.36. The molecule has 0 fully saturated rings. The van der Waals surface area contributed by atoms with Crippen molar-refractivity contribution in [3.05, 3.63) is 77.1 Å². The maximum absolute atomic E-state index is 12.6. The first-order valence-electron chi connectivity index (χ1n) is 9.72. The predicted molar refractivity (Wildman–Crippen MR) is 114 cm³/mol. The van der Waals surface area contributed by atoms with E-state index in [9.17, 15) is 4.79 Å². The van der Waals surface area contributed by atoms with Gasteiger partial charge in [-0.05, 0) is 57.2 Å². The van der Waals surface area contributed by atoms with Crippen molar-refractivity contribution in [3.8, 4) is 22.9 Å². The number of carbonyl (C=O) groups is 1. The van der Waals surface area contributed by atoms with E-state index in [0.29, 0.717) is 17.3 Å². The van der Waals surface area contributed by atoms with Gasteiger partial charge in [0.15, 0.2) is 0 Å². The molecule has 30 heavy (non-hydrogen) atoms. The number of rotatable bonds is 5. The number of nitrogens with one attached hydrogen (secondary N) is 1. The van der Waals surface area contributed by atoms with Gasteiger partial charge in [-0.1, -0.05) is 17.7 Å². The fourth-order valence-corrected chi connectivity index (χ4v) is 3.22. The summed E-state index contributed by atoms with van der Waals surface area (Å²) in [5, 5.41) is 15.5. The van der Waals surface area contributed by atoms with Crippen molar-refractivity contribution in [2.75, 3.05) is 0 Å². The van der Waals surface area contributed by atoms with Crippen molar-refractivity contribution in [1.29, 1.82) is 0 Å². The fourth-order valence-electron chi connectivity index (χ4n) is 3.22. The van der Waals surface area contributed by atoms with E-state index in [0.717, 1.165) is 22.4 Å². The van der Waals surface area contributed by atoms with Crippen molar-refractivity contribution in [2.24, 2.45) is 7.05 Å². The monoisotopic (exact) mass is 401 g/mol. The molecule has 2 aromatic heterocycles. The predicted octanol–water partition coefficient (Wildman–Crippen LogP) is 4.24. The molecule has 0 aliphatic heterocycles. The number of amides is 1. The third kappa shape index (κ3) is 3.87. The Morgan fingerprint density at radius 1 is 0.967 bits per heavy atom. The van der Waals surface area contributed by atoms with Gasteiger partial charge in [-0.2, -0.15) is 5.10 Å². The number of hydrogen-bond donors (Lipinski definition) is 1. The van der Waals surface area contributed by atoms with Gasteiger partial charge >= 0.3 is 0 Å². The molecule has 0 spiro atoms. The number of aryl methyl sites for hydroxylation is 2. The summed E-state index contributed by atoms with van der Waals surface area (Å²) in [6, 6.07) is 14.9. The van der Waals surface area contributed by atoms with Crippen LogP contribution >= 0.6 is 0 Å². The molecule has 1 unspecified atom stereocenters. The van der Waals surface area contributed by atoms with Crippen molar-refractivity contribution in [1.82, 2.24) is 25.3 Å². The van der Waals surface area contributed by atoms with Crippen LogP contribution in [0.15, 0.2) is 59.1 Å². The molecule has 1 amide bonds. The number of hydrogen-bond acceptors (Lipinski definition) is 5. The first kappa shape index (κ1) is 19.6. The average molecular weight is 401 g/mol. The molecule has 0 aliphatic rings. The third-order valence-corrected chi connectivity index (χ3v) is 5.20. The minimum absolute atomic E-state index is 0.140. The van der Waals surface area contributed by atoms with Gasteiger partial charge in [0.05, 0.1) is 12.2 Å². The molecule has 1 N–H and O–H groups in total. The van der Waals surface area contributed by atoms with E-state index < -0.39 is 0 Å². The van der Waals surface area contributed by atoms with Crippen molar-refractivity contribution in [2.45, 2.75) is 26.8 Å². The summed E-state index contributed by atoms with van der Waals surface area (Å²) >= 11 is 0. The van der Waals surface area contributed by atoms with Crippen LogP contribution in [0.4, 0.5) is 0 Å². The van der Waals surface area contributed by atoms with Gasteiger partial charge in [0.2, 0.25) is 11.8 Å². The maximum atomic E-state index is 12.6. The van der Waals surface area contributed by atoms with Gasteiger partial charge in [-0.3, -0.25) is 9.48 Å². The van der Waals surface area contributed by atoms with Crippen LogP contribution in [-0.2, 0) is 7.05 Å². The van der Waals surface area contributed by atoms with Crippen LogP contribution in [0.3, 0.4) is 0 Å². The second-order valence-corrected chi connectivity index (χ2v) is 7.36. The molecule has 2 heterocycles. The van der Waals surface area contributed by atoms with Crippen LogP contribution in [0, 0.1) is 13.8 Å². The SMILES string of the molecule is Cc1ccc(-c2nnc(-c3ccc(C(=O)NC(C)c4cnn(C)c4C)cc3)o2)cc1. The summed E-state index contributed by atoms with van der Waals surface area (Å²) in [6.07, 6.45) is 1.78. The van der Waals surface area contributed by atoms with Crippen LogP contribution in [0.25, 0.3) is 22.9 Å². The van der Waals surface area contributed by atoms with E-state index in [1.807, 2.05) is 52.1 Å². The summed E-state index contributed by atoms with van der Waals surface area (Å²) in [6.45, 7) is 5.95. The maximum Gasteiger partial charge on any atom is 0.251 e. The highest BCUT2D eigenvalue weighted by Gasteiger charge is 2.16. The molecule has 4 rings (SSSR count). The highest BCUT2D eigenvalue weighted by atomic mass is 16.4. The lowest BCUT2D eigenvalue weighted by Crippen LogP contribution is -2.26. The molecular formula is C23H23N5O2. The van der Waals surface area contributed by atoms with Crippen LogP contribution in [0.2, 0.25) is 0 Å². The first-order valence-corrected chi connectivity index (χ1v) is 9.72. The Labute approximate surface area is 174 Å². The topological polar surface area (TPSA) is 85.8 Å². The first-order chi connectivity index (χ1) is 14.4. The Bertz CT molecular complexity index is 1170. The lowest BCUT2D eigenvalue weighted by Gasteiger charge is -2.14. The number of aromatic nitrogens is 4. The molecule has 0 bridgehead atoms. The normalized spacial score (nSPS) is 12.0. The van der Waals surface area contributed by atoms with Crippen molar-refractivity contribution >= 4 is 5.91 Å². The van der Waals surface area contributed by atoms with E-state index in [2.05, 4.69) is 20.6 Å². The highest BCUT2D eigenvalue weighted by molar-refractivity contribution is 5.94. The van der Waals surface area contributed by atoms with Gasteiger partial charge in [0.25, 0.3) is 5.91 Å². The lowest BCUT2D eigenvalue weighted by atomic mass is 10.1. The van der Waals surface area contributed by atoms with Gasteiger partial charge in [0, 0.05) is 35.0 Å². The van der Waals surface area contributed by atoms with Crippen LogP contribution in [-0.4, -0.2) is 25.9 Å². The zero-order valence-corrected chi connectivity index (χ0v) is 17.4. The Hall–Kier alpha value is -3.74. The Kier molecular flexibility index (Phi) is 5.18. The smallest absolute Gasteiger partial charge is 0.251 e. The van der Waals surface area contributed by atoms with Gasteiger partial charge in [0.1, 0.15) is 0 Å². The minimum atomic E-state index is -0.150. The highest BCUT2D eigenvalue weighted by Crippen LogP contribution is 2.24. The molecule has 7 heteroatoms. The minimum Gasteiger partial charge on any atom is -0.416 e. The van der Waals surface area contributed by atoms with E-state index in [4.69, 9.17) is 4.42 Å². The summed E-state index contributed by atoms with van der Waals surface area (Å²) in [7, 11) is 1.88. The summed E-state index contributed by atoms with van der Waals surface area (Å²) in [5.74, 6) is 0.729.